The van der Waals surface area contributed by atoms with E-state index in [9.17, 15) is 9.90 Å². The summed E-state index contributed by atoms with van der Waals surface area (Å²) < 4.78 is 4.79. The van der Waals surface area contributed by atoms with E-state index < -0.39 is 0 Å². The van der Waals surface area contributed by atoms with E-state index in [1.54, 1.807) is 6.07 Å². The van der Waals surface area contributed by atoms with Gasteiger partial charge in [0.25, 0.3) is 0 Å². The zero-order valence-electron chi connectivity index (χ0n) is 12.0. The van der Waals surface area contributed by atoms with Crippen LogP contribution in [0.2, 0.25) is 0 Å². The van der Waals surface area contributed by atoms with Crippen molar-refractivity contribution < 1.29 is 14.6 Å². The Morgan fingerprint density at radius 3 is 2.85 bits per heavy atom. The molecule has 4 nitrogen and oxygen atoms in total. The Morgan fingerprint density at radius 1 is 1.30 bits per heavy atom. The number of aliphatic hydroxyl groups excluding tert-OH is 1. The van der Waals surface area contributed by atoms with Crippen molar-refractivity contribution in [2.75, 3.05) is 7.11 Å². The number of carbonyl (C=O) groups excluding carboxylic acids is 1. The number of methoxy groups -OCH3 is 1. The molecule has 0 saturated heterocycles. The van der Waals surface area contributed by atoms with E-state index in [0.29, 0.717) is 12.1 Å². The van der Waals surface area contributed by atoms with Crippen LogP contribution in [0, 0.1) is 0 Å². The normalized spacial score (nSPS) is 23.1. The number of rotatable bonds is 4. The molecule has 20 heavy (non-hydrogen) atoms. The number of hydrogen-bond donors (Lipinski definition) is 2. The Kier molecular flexibility index (Phi) is 5.56. The lowest BCUT2D eigenvalue weighted by Gasteiger charge is -2.22. The number of nitrogens with one attached hydrogen (secondary N) is 1. The molecule has 0 aliphatic heterocycles. The first-order chi connectivity index (χ1) is 9.72. The zero-order valence-corrected chi connectivity index (χ0v) is 12.0. The van der Waals surface area contributed by atoms with Crippen LogP contribution in [0.3, 0.4) is 0 Å². The predicted molar refractivity (Wildman–Crippen MR) is 77.5 cm³/mol. The number of aliphatic hydroxyl groups is 1. The van der Waals surface area contributed by atoms with Crippen molar-refractivity contribution in [1.29, 1.82) is 0 Å². The van der Waals surface area contributed by atoms with Gasteiger partial charge in [0.2, 0.25) is 0 Å². The molecule has 2 atom stereocenters. The second-order valence-electron chi connectivity index (χ2n) is 5.34. The number of hydrogen-bond acceptors (Lipinski definition) is 4. The summed E-state index contributed by atoms with van der Waals surface area (Å²) in [5, 5.41) is 13.5. The first kappa shape index (κ1) is 15.0. The minimum atomic E-state index is -0.316. The van der Waals surface area contributed by atoms with Crippen LogP contribution in [0.4, 0.5) is 0 Å². The first-order valence-electron chi connectivity index (χ1n) is 7.30. The highest BCUT2D eigenvalue weighted by Gasteiger charge is 2.21. The first-order valence-corrected chi connectivity index (χ1v) is 7.30. The van der Waals surface area contributed by atoms with Crippen molar-refractivity contribution in [3.63, 3.8) is 0 Å². The Hall–Kier alpha value is -1.39. The van der Waals surface area contributed by atoms with Crippen LogP contribution >= 0.6 is 0 Å². The third-order valence-corrected chi connectivity index (χ3v) is 3.96. The van der Waals surface area contributed by atoms with Crippen LogP contribution in [-0.4, -0.2) is 30.3 Å². The van der Waals surface area contributed by atoms with Crippen LogP contribution in [0.1, 0.15) is 48.0 Å². The molecule has 4 heteroatoms. The van der Waals surface area contributed by atoms with E-state index in [0.717, 1.165) is 31.2 Å². The van der Waals surface area contributed by atoms with Gasteiger partial charge in [0.15, 0.2) is 0 Å². The minimum absolute atomic E-state index is 0.114. The molecule has 0 aromatic heterocycles. The maximum absolute atomic E-state index is 11.7. The standard InChI is InChI=1S/C16H23NO3/c1-20-16(19)13-8-6-5-7-12(13)11-17-14-9-3-2-4-10-15(14)18/h5-8,14-15,17-18H,2-4,9-11H2,1H3. The topological polar surface area (TPSA) is 58.6 Å². The highest BCUT2D eigenvalue weighted by Crippen LogP contribution is 2.19. The number of ether oxygens (including phenoxy) is 1. The second-order valence-corrected chi connectivity index (χ2v) is 5.34. The molecular weight excluding hydrogens is 254 g/mol. The Labute approximate surface area is 120 Å². The number of benzene rings is 1. The van der Waals surface area contributed by atoms with Gasteiger partial charge in [0.05, 0.1) is 18.8 Å². The SMILES string of the molecule is COC(=O)c1ccccc1CNC1CCCCCC1O. The van der Waals surface area contributed by atoms with Crippen molar-refractivity contribution >= 4 is 5.97 Å². The van der Waals surface area contributed by atoms with E-state index in [-0.39, 0.29) is 18.1 Å². The third-order valence-electron chi connectivity index (χ3n) is 3.96. The molecule has 0 amide bonds. The monoisotopic (exact) mass is 277 g/mol. The molecule has 2 N–H and O–H groups in total. The summed E-state index contributed by atoms with van der Waals surface area (Å²) >= 11 is 0. The molecule has 0 spiro atoms. The van der Waals surface area contributed by atoms with Crippen molar-refractivity contribution in [2.24, 2.45) is 0 Å². The van der Waals surface area contributed by atoms with Crippen LogP contribution in [0.25, 0.3) is 0 Å². The molecule has 110 valence electrons. The lowest BCUT2D eigenvalue weighted by Crippen LogP contribution is -2.38. The summed E-state index contributed by atoms with van der Waals surface area (Å²) in [5.41, 5.74) is 1.50. The average Bonchev–Trinajstić information content (AvgIpc) is 2.69. The summed E-state index contributed by atoms with van der Waals surface area (Å²) in [7, 11) is 1.39. The van der Waals surface area contributed by atoms with Crippen LogP contribution in [0.15, 0.2) is 24.3 Å². The average molecular weight is 277 g/mol. The molecule has 1 saturated carbocycles. The molecule has 1 aromatic carbocycles. The molecule has 1 aliphatic carbocycles. The Morgan fingerprint density at radius 2 is 2.05 bits per heavy atom. The van der Waals surface area contributed by atoms with Crippen LogP contribution in [0.5, 0.6) is 0 Å². The Bertz CT molecular complexity index is 447. The molecule has 1 aromatic rings. The van der Waals surface area contributed by atoms with Crippen molar-refractivity contribution in [2.45, 2.75) is 50.8 Å². The van der Waals surface area contributed by atoms with Gasteiger partial charge in [0, 0.05) is 12.6 Å². The van der Waals surface area contributed by atoms with Crippen LogP contribution < -0.4 is 5.32 Å². The number of esters is 1. The van der Waals surface area contributed by atoms with Gasteiger partial charge in [-0.2, -0.15) is 0 Å². The molecule has 0 heterocycles. The lowest BCUT2D eigenvalue weighted by molar-refractivity contribution is 0.0599. The Balaban J connectivity index is 2.01. The smallest absolute Gasteiger partial charge is 0.338 e. The molecule has 1 aliphatic rings. The van der Waals surface area contributed by atoms with Gasteiger partial charge in [-0.1, -0.05) is 37.5 Å². The fourth-order valence-electron chi connectivity index (χ4n) is 2.75. The molecule has 0 radical (unpaired) electrons. The maximum Gasteiger partial charge on any atom is 0.338 e. The van der Waals surface area contributed by atoms with E-state index >= 15 is 0 Å². The fourth-order valence-corrected chi connectivity index (χ4v) is 2.75. The van der Waals surface area contributed by atoms with Crippen LogP contribution in [-0.2, 0) is 11.3 Å². The van der Waals surface area contributed by atoms with Gasteiger partial charge in [0.1, 0.15) is 0 Å². The van der Waals surface area contributed by atoms with Gasteiger partial charge in [-0.05, 0) is 24.5 Å². The third kappa shape index (κ3) is 3.81. The molecule has 2 rings (SSSR count). The highest BCUT2D eigenvalue weighted by atomic mass is 16.5. The number of carbonyl (C=O) groups is 1. The summed E-state index contributed by atoms with van der Waals surface area (Å²) in [4.78, 5) is 11.7. The van der Waals surface area contributed by atoms with Gasteiger partial charge in [-0.25, -0.2) is 4.79 Å². The molecule has 0 bridgehead atoms. The van der Waals surface area contributed by atoms with E-state index in [4.69, 9.17) is 4.74 Å². The largest absolute Gasteiger partial charge is 0.465 e. The minimum Gasteiger partial charge on any atom is -0.465 e. The van der Waals surface area contributed by atoms with Gasteiger partial charge >= 0.3 is 5.97 Å². The van der Waals surface area contributed by atoms with E-state index in [1.807, 2.05) is 18.2 Å². The molecule has 1 fully saturated rings. The van der Waals surface area contributed by atoms with Gasteiger partial charge in [-0.3, -0.25) is 0 Å². The summed E-state index contributed by atoms with van der Waals surface area (Å²) in [5.74, 6) is -0.316. The van der Waals surface area contributed by atoms with Crippen molar-refractivity contribution in [3.8, 4) is 0 Å². The lowest BCUT2D eigenvalue weighted by atomic mass is 10.0. The van der Waals surface area contributed by atoms with E-state index in [2.05, 4.69) is 5.32 Å². The summed E-state index contributed by atoms with van der Waals surface area (Å²) in [6.45, 7) is 0.576. The highest BCUT2D eigenvalue weighted by molar-refractivity contribution is 5.90. The van der Waals surface area contributed by atoms with Crippen molar-refractivity contribution in [3.05, 3.63) is 35.4 Å². The second kappa shape index (κ2) is 7.41. The molecule has 2 unspecified atom stereocenters. The molecular formula is C16H23NO3. The maximum atomic E-state index is 11.7. The van der Waals surface area contributed by atoms with Gasteiger partial charge < -0.3 is 15.2 Å². The summed E-state index contributed by atoms with van der Waals surface area (Å²) in [6.07, 6.45) is 4.99. The van der Waals surface area contributed by atoms with E-state index in [1.165, 1.54) is 13.5 Å². The zero-order chi connectivity index (χ0) is 14.4. The van der Waals surface area contributed by atoms with Gasteiger partial charge in [-0.15, -0.1) is 0 Å². The fraction of sp³-hybridized carbons (Fsp3) is 0.562. The summed E-state index contributed by atoms with van der Waals surface area (Å²) in [6, 6.07) is 7.54. The quantitative estimate of drug-likeness (QED) is 0.654. The predicted octanol–water partition coefficient (Wildman–Crippen LogP) is 2.26. The van der Waals surface area contributed by atoms with Crippen molar-refractivity contribution in [1.82, 2.24) is 5.32 Å².